The van der Waals surface area contributed by atoms with E-state index >= 15 is 0 Å². The molecule has 8 nitrogen and oxygen atoms in total. The van der Waals surface area contributed by atoms with Gasteiger partial charge in [0.05, 0.1) is 26.4 Å². The summed E-state index contributed by atoms with van der Waals surface area (Å²) in [4.78, 5) is 45.2. The number of carbonyl (C=O) groups excluding carboxylic acids is 4. The van der Waals surface area contributed by atoms with Gasteiger partial charge in [0.1, 0.15) is 0 Å². The molecule has 15 heteroatoms. The minimum absolute atomic E-state index is 0. The molecule has 0 saturated carbocycles. The Labute approximate surface area is 769 Å². The van der Waals surface area contributed by atoms with E-state index in [0.29, 0.717) is 75.1 Å². The van der Waals surface area contributed by atoms with Crippen molar-refractivity contribution in [2.24, 2.45) is 0 Å². The van der Waals surface area contributed by atoms with Crippen LogP contribution in [-0.4, -0.2) is 121 Å². The summed E-state index contributed by atoms with van der Waals surface area (Å²) >= 11 is 19.0. The Balaban J connectivity index is -0.000000180. The summed E-state index contributed by atoms with van der Waals surface area (Å²) in [6.07, 6.45) is 111. The molecule has 0 aromatic rings. The van der Waals surface area contributed by atoms with Crippen molar-refractivity contribution in [2.45, 2.75) is 505 Å². The molecule has 0 rings (SSSR count). The summed E-state index contributed by atoms with van der Waals surface area (Å²) in [6.45, 7) is 10.7. The molecule has 0 aromatic carbocycles. The van der Waals surface area contributed by atoms with E-state index in [0.717, 1.165) is 51.4 Å². The molecular weight excluding hydrogens is 1700 g/mol. The number of unbranched alkanes of at least 4 members (excludes halogenated alkanes) is 60. The van der Waals surface area contributed by atoms with Gasteiger partial charge in [-0.25, -0.2) is 0 Å². The molecule has 0 aliphatic heterocycles. The minimum Gasteiger partial charge on any atom is -0.789 e. The number of allylic oxidation sites excluding steroid dienone is 8. The molecule has 0 atom stereocenters. The second kappa shape index (κ2) is 128. The van der Waals surface area contributed by atoms with Crippen LogP contribution >= 0.6 is 13.5 Å². The number of hydrogen-bond donors (Lipinski definition) is 0. The molecule has 0 N–H and O–H groups in total. The number of rotatable bonds is 84. The molecule has 0 spiro atoms. The van der Waals surface area contributed by atoms with Crippen LogP contribution in [0.15, 0.2) is 48.6 Å². The Kier molecular flexibility index (Phi) is 148. The zero-order valence-electron chi connectivity index (χ0n) is 73.6. The molecule has 668 valence electrons. The molecule has 0 aliphatic rings. The van der Waals surface area contributed by atoms with Crippen molar-refractivity contribution in [1.29, 1.82) is 0 Å². The maximum absolute atomic E-state index is 11.3. The molecule has 0 saturated heterocycles. The number of ether oxygens (including phenoxy) is 4. The smallest absolute Gasteiger partial charge is 0.789 e. The summed E-state index contributed by atoms with van der Waals surface area (Å²) in [5, 5.41) is 0. The van der Waals surface area contributed by atoms with Crippen LogP contribution in [0.25, 0.3) is 0 Å². The van der Waals surface area contributed by atoms with E-state index < -0.39 is 0 Å². The van der Waals surface area contributed by atoms with Gasteiger partial charge in [0.2, 0.25) is 0 Å². The van der Waals surface area contributed by atoms with Crippen LogP contribution in [-0.2, 0) is 88.6 Å². The van der Waals surface area contributed by atoms with Gasteiger partial charge in [-0.3, -0.25) is 19.2 Å². The number of carbonyl (C=O) groups is 4. The second-order valence-corrected chi connectivity index (χ2v) is 32.3. The van der Waals surface area contributed by atoms with E-state index in [1.165, 1.54) is 385 Å². The Morgan fingerprint density at radius 3 is 0.416 bits per heavy atom. The first kappa shape index (κ1) is 131. The van der Waals surface area contributed by atoms with Gasteiger partial charge >= 0.3 is 71.7 Å². The third kappa shape index (κ3) is 136. The Morgan fingerprint density at radius 2 is 0.301 bits per heavy atom. The van der Waals surface area contributed by atoms with Gasteiger partial charge in [0.15, 0.2) is 0 Å². The molecule has 0 heterocycles. The van der Waals surface area contributed by atoms with Gasteiger partial charge < -0.3 is 69.5 Å². The third-order valence-corrected chi connectivity index (χ3v) is 20.6. The Morgan fingerprint density at radius 1 is 0.195 bits per heavy atom. The van der Waals surface area contributed by atoms with Crippen LogP contribution in [0.2, 0.25) is 0 Å². The summed E-state index contributed by atoms with van der Waals surface area (Å²) in [5.74, 6) is 1.67. The van der Waals surface area contributed by atoms with Crippen LogP contribution in [0.5, 0.6) is 0 Å². The molecular formula is C98H190O8S5Sn2. The molecule has 0 fully saturated rings. The Hall–Kier alpha value is 0.187. The summed E-state index contributed by atoms with van der Waals surface area (Å²) in [6, 6.07) is 0. The van der Waals surface area contributed by atoms with E-state index in [9.17, 15) is 19.2 Å². The maximum Gasteiger partial charge on any atom is 2.00 e. The van der Waals surface area contributed by atoms with Crippen molar-refractivity contribution >= 4 is 136 Å². The topological polar surface area (TPSA) is 105 Å². The van der Waals surface area contributed by atoms with Gasteiger partial charge in [-0.05, 0) is 128 Å². The number of esters is 4. The summed E-state index contributed by atoms with van der Waals surface area (Å²) in [7, 11) is 0. The first-order valence-electron chi connectivity index (χ1n) is 46.8. The van der Waals surface area contributed by atoms with E-state index in [1.807, 2.05) is 0 Å². The van der Waals surface area contributed by atoms with E-state index in [2.05, 4.69) is 76.3 Å². The monoisotopic (exact) mass is 1900 g/mol. The average Bonchev–Trinajstić information content (AvgIpc) is 1.34. The van der Waals surface area contributed by atoms with Crippen molar-refractivity contribution in [2.75, 3.05) is 49.4 Å². The number of hydrogen-bond acceptors (Lipinski definition) is 12. The van der Waals surface area contributed by atoms with Gasteiger partial charge in [-0.1, -0.05) is 399 Å². The van der Waals surface area contributed by atoms with Crippen LogP contribution in [0, 0.1) is 0 Å². The van der Waals surface area contributed by atoms with E-state index in [4.69, 9.17) is 69.5 Å². The first-order valence-corrected chi connectivity index (χ1v) is 49.1. The maximum atomic E-state index is 11.3. The average molecular weight is 1890 g/mol. The van der Waals surface area contributed by atoms with Gasteiger partial charge in [-0.15, -0.1) is 23.0 Å². The SMILES string of the molecule is C.C.CCCCCCCCC/C=C/CCCCCCCCCCC(=O)OCC[S-].CCCCCCCCC/C=C/CCCCCCCCCCC(=O)OCC[S-].CCCCCCCCC/C=C/CCCCCCCCCCC(=O)OCC[S-].CCCCCCCCC/C=C/CCCCCCCCCCC(=O)OCC[S-].S.[Sn+2].[Sn+2]. The van der Waals surface area contributed by atoms with Crippen LogP contribution in [0.1, 0.15) is 505 Å². The van der Waals surface area contributed by atoms with Crippen LogP contribution in [0.3, 0.4) is 0 Å². The fraction of sp³-hybridized carbons (Fsp3) is 0.878. The zero-order chi connectivity index (χ0) is 79.4. The zero-order valence-corrected chi connectivity index (χ0v) is 83.6. The summed E-state index contributed by atoms with van der Waals surface area (Å²) in [5.41, 5.74) is 0. The fourth-order valence-corrected chi connectivity index (χ4v) is 13.4. The largest absolute Gasteiger partial charge is 2.00 e. The Bertz CT molecular complexity index is 1590. The predicted octanol–water partition coefficient (Wildman–Crippen LogP) is 31.3. The normalized spacial score (nSPS) is 10.8. The van der Waals surface area contributed by atoms with Gasteiger partial charge in [0.25, 0.3) is 0 Å². The van der Waals surface area contributed by atoms with Gasteiger partial charge in [-0.2, -0.15) is 13.5 Å². The molecule has 0 amide bonds. The first-order chi connectivity index (χ1) is 53.2. The molecule has 0 bridgehead atoms. The van der Waals surface area contributed by atoms with Crippen LogP contribution in [0.4, 0.5) is 0 Å². The predicted molar refractivity (Wildman–Crippen MR) is 520 cm³/mol. The van der Waals surface area contributed by atoms with Crippen molar-refractivity contribution in [3.8, 4) is 0 Å². The molecule has 0 aliphatic carbocycles. The standard InChI is InChI=1S/4C24H46O2S.2CH4.H2S.2Sn/c4*1-2-3-4-5-6-7-8-9-10-11-12-13-14-15-16-17-18-19-20-21-24(25)26-22-23-27;;;;;/h4*10-11,27H,2-9,12-23H2,1H3;2*1H4;1H2;;/q;;;;;;;2*+2/p-4/b4*11-10+;;;;;. The molecule has 0 aromatic heterocycles. The van der Waals surface area contributed by atoms with Crippen molar-refractivity contribution in [3.63, 3.8) is 0 Å². The van der Waals surface area contributed by atoms with Crippen molar-refractivity contribution in [3.05, 3.63) is 48.6 Å². The quantitative estimate of drug-likeness (QED) is 0.0145. The minimum atomic E-state index is -0.0834. The van der Waals surface area contributed by atoms with E-state index in [1.54, 1.807) is 0 Å². The molecule has 0 unspecified atom stereocenters. The van der Waals surface area contributed by atoms with Crippen LogP contribution < -0.4 is 0 Å². The van der Waals surface area contributed by atoms with E-state index in [-0.39, 0.29) is 100 Å². The van der Waals surface area contributed by atoms with Crippen molar-refractivity contribution in [1.82, 2.24) is 0 Å². The molecule has 4 radical (unpaired) electrons. The second-order valence-electron chi connectivity index (χ2n) is 30.7. The molecule has 113 heavy (non-hydrogen) atoms. The van der Waals surface area contributed by atoms with Gasteiger partial charge in [0, 0.05) is 25.7 Å². The van der Waals surface area contributed by atoms with Crippen molar-refractivity contribution < 1.29 is 38.1 Å². The summed E-state index contributed by atoms with van der Waals surface area (Å²) < 4.78 is 19.9. The third-order valence-electron chi connectivity index (χ3n) is 20.0. The fourth-order valence-electron chi connectivity index (χ4n) is 13.1.